The molecule has 2 aromatic rings. The van der Waals surface area contributed by atoms with Crippen molar-refractivity contribution in [3.63, 3.8) is 0 Å². The topological polar surface area (TPSA) is 82.3 Å². The fourth-order valence-corrected chi connectivity index (χ4v) is 3.55. The van der Waals surface area contributed by atoms with E-state index in [0.717, 1.165) is 0 Å². The van der Waals surface area contributed by atoms with Gasteiger partial charge < -0.3 is 15.2 Å². The molecule has 1 atom stereocenters. The van der Waals surface area contributed by atoms with E-state index in [0.29, 0.717) is 17.3 Å². The van der Waals surface area contributed by atoms with E-state index >= 15 is 0 Å². The van der Waals surface area contributed by atoms with Gasteiger partial charge in [-0.25, -0.2) is 4.39 Å². The van der Waals surface area contributed by atoms with Crippen LogP contribution < -0.4 is 10.9 Å². The van der Waals surface area contributed by atoms with E-state index in [4.69, 9.17) is 0 Å². The SMILES string of the molecule is O=C(Nc1cccc(F)c1)[C@H]1CSCN1C(=O)c1ccc[nH]c1=O. The van der Waals surface area contributed by atoms with Crippen molar-refractivity contribution >= 4 is 29.3 Å². The summed E-state index contributed by atoms with van der Waals surface area (Å²) in [7, 11) is 0. The third-order valence-corrected chi connectivity index (χ3v) is 4.60. The number of rotatable bonds is 3. The fourth-order valence-electron chi connectivity index (χ4n) is 2.40. The van der Waals surface area contributed by atoms with Gasteiger partial charge in [0.05, 0.1) is 5.88 Å². The summed E-state index contributed by atoms with van der Waals surface area (Å²) >= 11 is 1.42. The molecule has 0 spiro atoms. The van der Waals surface area contributed by atoms with E-state index < -0.39 is 29.2 Å². The lowest BCUT2D eigenvalue weighted by atomic mass is 10.2. The van der Waals surface area contributed by atoms with Crippen LogP contribution in [0.4, 0.5) is 10.1 Å². The van der Waals surface area contributed by atoms with Gasteiger partial charge in [-0.2, -0.15) is 0 Å². The Bertz CT molecular complexity index is 839. The van der Waals surface area contributed by atoms with E-state index in [9.17, 15) is 18.8 Å². The Balaban J connectivity index is 1.78. The highest BCUT2D eigenvalue weighted by Gasteiger charge is 2.35. The molecule has 2 amide bonds. The van der Waals surface area contributed by atoms with Crippen LogP contribution in [0.15, 0.2) is 47.4 Å². The predicted molar refractivity (Wildman–Crippen MR) is 89.4 cm³/mol. The lowest BCUT2D eigenvalue weighted by Gasteiger charge is -2.22. The molecule has 1 fully saturated rings. The zero-order chi connectivity index (χ0) is 17.1. The average Bonchev–Trinajstić information content (AvgIpc) is 3.04. The van der Waals surface area contributed by atoms with Crippen LogP contribution in [-0.2, 0) is 4.79 Å². The summed E-state index contributed by atoms with van der Waals surface area (Å²) in [5.41, 5.74) is -0.186. The molecule has 0 unspecified atom stereocenters. The summed E-state index contributed by atoms with van der Waals surface area (Å²) in [5.74, 6) is -0.642. The highest BCUT2D eigenvalue weighted by Crippen LogP contribution is 2.23. The van der Waals surface area contributed by atoms with Crippen LogP contribution in [0.1, 0.15) is 10.4 Å². The van der Waals surface area contributed by atoms with Crippen molar-refractivity contribution in [1.29, 1.82) is 0 Å². The van der Waals surface area contributed by atoms with E-state index in [-0.39, 0.29) is 5.56 Å². The summed E-state index contributed by atoms with van der Waals surface area (Å²) in [6, 6.07) is 7.79. The van der Waals surface area contributed by atoms with Gasteiger partial charge in [0.25, 0.3) is 11.5 Å². The van der Waals surface area contributed by atoms with Gasteiger partial charge in [-0.15, -0.1) is 11.8 Å². The second-order valence-corrected chi connectivity index (χ2v) is 6.20. The molecule has 1 saturated heterocycles. The summed E-state index contributed by atoms with van der Waals surface area (Å²) in [6.45, 7) is 0. The van der Waals surface area contributed by atoms with E-state index in [2.05, 4.69) is 10.3 Å². The Hall–Kier alpha value is -2.61. The number of hydrogen-bond donors (Lipinski definition) is 2. The van der Waals surface area contributed by atoms with Gasteiger partial charge in [-0.3, -0.25) is 14.4 Å². The summed E-state index contributed by atoms with van der Waals surface area (Å²) < 4.78 is 13.2. The van der Waals surface area contributed by atoms with Crippen molar-refractivity contribution in [2.45, 2.75) is 6.04 Å². The molecule has 1 aliphatic rings. The van der Waals surface area contributed by atoms with Gasteiger partial charge in [0.2, 0.25) is 5.91 Å². The standard InChI is InChI=1S/C16H14FN3O3S/c17-10-3-1-4-11(7-10)19-15(22)13-8-24-9-20(13)16(23)12-5-2-6-18-14(12)21/h1-7,13H,8-9H2,(H,18,21)(H,19,22)/t13-/m1/s1. The summed E-state index contributed by atoms with van der Waals surface area (Å²) in [4.78, 5) is 40.5. The molecule has 124 valence electrons. The second-order valence-electron chi connectivity index (χ2n) is 5.20. The first-order valence-corrected chi connectivity index (χ1v) is 8.34. The van der Waals surface area contributed by atoms with Gasteiger partial charge >= 0.3 is 0 Å². The van der Waals surface area contributed by atoms with Crippen LogP contribution in [0.2, 0.25) is 0 Å². The van der Waals surface area contributed by atoms with Crippen LogP contribution >= 0.6 is 11.8 Å². The number of anilines is 1. The number of aromatic amines is 1. The zero-order valence-corrected chi connectivity index (χ0v) is 13.3. The number of pyridine rings is 1. The van der Waals surface area contributed by atoms with Crippen LogP contribution in [0.25, 0.3) is 0 Å². The normalized spacial score (nSPS) is 16.9. The number of benzene rings is 1. The largest absolute Gasteiger partial charge is 0.328 e. The molecule has 3 rings (SSSR count). The van der Waals surface area contributed by atoms with Crippen LogP contribution in [0.5, 0.6) is 0 Å². The first-order chi connectivity index (χ1) is 11.6. The molecule has 2 heterocycles. The molecule has 0 saturated carbocycles. The van der Waals surface area contributed by atoms with Crippen molar-refractivity contribution in [2.75, 3.05) is 16.9 Å². The zero-order valence-electron chi connectivity index (χ0n) is 12.5. The van der Waals surface area contributed by atoms with Crippen molar-refractivity contribution in [3.8, 4) is 0 Å². The number of carbonyl (C=O) groups is 2. The minimum atomic E-state index is -0.717. The van der Waals surface area contributed by atoms with E-state index in [1.807, 2.05) is 0 Å². The summed E-state index contributed by atoms with van der Waals surface area (Å²) in [6.07, 6.45) is 1.44. The van der Waals surface area contributed by atoms with Crippen LogP contribution in [0.3, 0.4) is 0 Å². The first-order valence-electron chi connectivity index (χ1n) is 7.19. The molecule has 1 aliphatic heterocycles. The maximum Gasteiger partial charge on any atom is 0.260 e. The second kappa shape index (κ2) is 6.88. The van der Waals surface area contributed by atoms with Gasteiger partial charge in [-0.1, -0.05) is 6.07 Å². The lowest BCUT2D eigenvalue weighted by Crippen LogP contribution is -2.45. The van der Waals surface area contributed by atoms with Crippen molar-refractivity contribution in [2.24, 2.45) is 0 Å². The fraction of sp³-hybridized carbons (Fsp3) is 0.188. The van der Waals surface area contributed by atoms with Gasteiger partial charge in [0.15, 0.2) is 0 Å². The Morgan fingerprint density at radius 1 is 1.29 bits per heavy atom. The average molecular weight is 347 g/mol. The van der Waals surface area contributed by atoms with Crippen LogP contribution in [-0.4, -0.2) is 39.4 Å². The maximum atomic E-state index is 13.2. The molecule has 24 heavy (non-hydrogen) atoms. The van der Waals surface area contributed by atoms with E-state index in [1.165, 1.54) is 47.1 Å². The monoisotopic (exact) mass is 347 g/mol. The predicted octanol–water partition coefficient (Wildman–Crippen LogP) is 1.67. The number of aromatic nitrogens is 1. The molecule has 0 aliphatic carbocycles. The van der Waals surface area contributed by atoms with Crippen molar-refractivity contribution in [1.82, 2.24) is 9.88 Å². The van der Waals surface area contributed by atoms with Crippen molar-refractivity contribution in [3.05, 3.63) is 64.3 Å². The molecule has 6 nitrogen and oxygen atoms in total. The summed E-state index contributed by atoms with van der Waals surface area (Å²) in [5, 5.41) is 2.60. The van der Waals surface area contributed by atoms with Gasteiger partial charge in [-0.05, 0) is 30.3 Å². The molecule has 0 radical (unpaired) electrons. The highest BCUT2D eigenvalue weighted by atomic mass is 32.2. The molecule has 0 bridgehead atoms. The Kier molecular flexibility index (Phi) is 4.66. The third-order valence-electron chi connectivity index (χ3n) is 3.59. The highest BCUT2D eigenvalue weighted by molar-refractivity contribution is 7.99. The van der Waals surface area contributed by atoms with Crippen LogP contribution in [0, 0.1) is 5.82 Å². The minimum absolute atomic E-state index is 0.0106. The number of amides is 2. The molecule has 1 aromatic heterocycles. The number of nitrogens with zero attached hydrogens (tertiary/aromatic N) is 1. The Morgan fingerprint density at radius 2 is 2.12 bits per heavy atom. The number of nitrogens with one attached hydrogen (secondary N) is 2. The molecule has 2 N–H and O–H groups in total. The first kappa shape index (κ1) is 16.3. The Labute approximate surface area is 141 Å². The molecule has 8 heteroatoms. The van der Waals surface area contributed by atoms with E-state index in [1.54, 1.807) is 12.1 Å². The number of hydrogen-bond acceptors (Lipinski definition) is 4. The maximum absolute atomic E-state index is 13.2. The lowest BCUT2D eigenvalue weighted by molar-refractivity contribution is -0.119. The molecular formula is C16H14FN3O3S. The minimum Gasteiger partial charge on any atom is -0.328 e. The number of carbonyl (C=O) groups excluding carboxylic acids is 2. The van der Waals surface area contributed by atoms with Crippen molar-refractivity contribution < 1.29 is 14.0 Å². The number of halogens is 1. The third kappa shape index (κ3) is 3.33. The Morgan fingerprint density at radius 3 is 2.88 bits per heavy atom. The molecule has 1 aromatic carbocycles. The van der Waals surface area contributed by atoms with Gasteiger partial charge in [0.1, 0.15) is 17.4 Å². The quantitative estimate of drug-likeness (QED) is 0.885. The smallest absolute Gasteiger partial charge is 0.260 e. The molecular weight excluding hydrogens is 333 g/mol. The number of thioether (sulfide) groups is 1. The van der Waals surface area contributed by atoms with Gasteiger partial charge in [0, 0.05) is 17.6 Å². The number of H-pyrrole nitrogens is 1.